The van der Waals surface area contributed by atoms with E-state index in [1.165, 1.54) is 0 Å². The molecule has 0 atom stereocenters. The molecule has 0 aliphatic carbocycles. The Balaban J connectivity index is 1.95. The monoisotopic (exact) mass is 210 g/mol. The van der Waals surface area contributed by atoms with Crippen LogP contribution in [0.4, 0.5) is 0 Å². The summed E-state index contributed by atoms with van der Waals surface area (Å²) in [6, 6.07) is 18.0. The van der Waals surface area contributed by atoms with Crippen molar-refractivity contribution in [2.24, 2.45) is 0 Å². The lowest BCUT2D eigenvalue weighted by Gasteiger charge is -1.99. The van der Waals surface area contributed by atoms with Crippen LogP contribution >= 0.6 is 0 Å². The molecular formula is C13H10N2O. The molecule has 0 saturated carbocycles. The number of benzene rings is 2. The number of imidazole rings is 1. The summed E-state index contributed by atoms with van der Waals surface area (Å²) in [6.45, 7) is 0. The molecule has 0 unspecified atom stereocenters. The van der Waals surface area contributed by atoms with Crippen molar-refractivity contribution in [2.45, 2.75) is 0 Å². The number of H-pyrrole nitrogens is 1. The molecular weight excluding hydrogens is 200 g/mol. The number of para-hydroxylation sites is 3. The van der Waals surface area contributed by atoms with Crippen LogP contribution in [0.3, 0.4) is 0 Å². The summed E-state index contributed by atoms with van der Waals surface area (Å²) in [5.41, 5.74) is 1.89. The minimum absolute atomic E-state index is 0.521. The first kappa shape index (κ1) is 8.97. The zero-order chi connectivity index (χ0) is 10.8. The Morgan fingerprint density at radius 1 is 0.875 bits per heavy atom. The molecule has 0 saturated heterocycles. The largest absolute Gasteiger partial charge is 0.426 e. The van der Waals surface area contributed by atoms with Crippen molar-refractivity contribution >= 4 is 11.0 Å². The second kappa shape index (κ2) is 3.70. The highest BCUT2D eigenvalue weighted by molar-refractivity contribution is 5.75. The van der Waals surface area contributed by atoms with Crippen molar-refractivity contribution in [1.82, 2.24) is 9.97 Å². The Morgan fingerprint density at radius 2 is 1.62 bits per heavy atom. The normalized spacial score (nSPS) is 10.5. The van der Waals surface area contributed by atoms with Crippen molar-refractivity contribution in [3.63, 3.8) is 0 Å². The summed E-state index contributed by atoms with van der Waals surface area (Å²) < 4.78 is 5.60. The van der Waals surface area contributed by atoms with E-state index in [1.54, 1.807) is 0 Å². The summed E-state index contributed by atoms with van der Waals surface area (Å²) in [6.07, 6.45) is 0. The van der Waals surface area contributed by atoms with Crippen LogP contribution in [0, 0.1) is 0 Å². The Hall–Kier alpha value is -2.29. The first-order chi connectivity index (χ1) is 7.92. The molecule has 1 N–H and O–H groups in total. The Kier molecular flexibility index (Phi) is 2.07. The summed E-state index contributed by atoms with van der Waals surface area (Å²) >= 11 is 0. The summed E-state index contributed by atoms with van der Waals surface area (Å²) in [7, 11) is 0. The average Bonchev–Trinajstić information content (AvgIpc) is 2.72. The van der Waals surface area contributed by atoms with Gasteiger partial charge in [-0.1, -0.05) is 30.3 Å². The SMILES string of the molecule is c1ccc(Oc2nc3ccccc3[nH]2)cc1. The zero-order valence-corrected chi connectivity index (χ0v) is 8.55. The van der Waals surface area contributed by atoms with Gasteiger partial charge in [0.05, 0.1) is 11.0 Å². The van der Waals surface area contributed by atoms with Crippen LogP contribution in [0.2, 0.25) is 0 Å². The lowest BCUT2D eigenvalue weighted by atomic mass is 10.3. The molecule has 0 radical (unpaired) electrons. The van der Waals surface area contributed by atoms with Gasteiger partial charge >= 0.3 is 0 Å². The third-order valence-corrected chi connectivity index (χ3v) is 2.33. The highest BCUT2D eigenvalue weighted by Crippen LogP contribution is 2.20. The molecule has 0 fully saturated rings. The highest BCUT2D eigenvalue weighted by atomic mass is 16.5. The first-order valence-corrected chi connectivity index (χ1v) is 5.09. The fourth-order valence-corrected chi connectivity index (χ4v) is 1.58. The maximum absolute atomic E-state index is 5.60. The Bertz CT molecular complexity index is 568. The molecule has 1 aromatic heterocycles. The molecule has 16 heavy (non-hydrogen) atoms. The maximum atomic E-state index is 5.60. The van der Waals surface area contributed by atoms with Crippen LogP contribution in [0.15, 0.2) is 54.6 Å². The minimum Gasteiger partial charge on any atom is -0.426 e. The van der Waals surface area contributed by atoms with Gasteiger partial charge in [-0.2, -0.15) is 4.98 Å². The van der Waals surface area contributed by atoms with Gasteiger partial charge in [-0.15, -0.1) is 0 Å². The number of fused-ring (bicyclic) bond motifs is 1. The van der Waals surface area contributed by atoms with Crippen LogP contribution in [0.5, 0.6) is 11.8 Å². The van der Waals surface area contributed by atoms with Crippen LogP contribution in [-0.2, 0) is 0 Å². The van der Waals surface area contributed by atoms with Crippen molar-refractivity contribution in [2.75, 3.05) is 0 Å². The van der Waals surface area contributed by atoms with Gasteiger partial charge in [-0.3, -0.25) is 0 Å². The zero-order valence-electron chi connectivity index (χ0n) is 8.55. The fraction of sp³-hybridized carbons (Fsp3) is 0. The predicted molar refractivity (Wildman–Crippen MR) is 62.6 cm³/mol. The standard InChI is InChI=1S/C13H10N2O/c1-2-6-10(7-3-1)16-13-14-11-8-4-5-9-12(11)15-13/h1-9H,(H,14,15). The van der Waals surface area contributed by atoms with Crippen molar-refractivity contribution in [3.05, 3.63) is 54.6 Å². The molecule has 78 valence electrons. The van der Waals surface area contributed by atoms with Crippen LogP contribution in [0.1, 0.15) is 0 Å². The van der Waals surface area contributed by atoms with Crippen molar-refractivity contribution in [3.8, 4) is 11.8 Å². The number of ether oxygens (including phenoxy) is 1. The molecule has 0 aliphatic heterocycles. The van der Waals surface area contributed by atoms with E-state index < -0.39 is 0 Å². The quantitative estimate of drug-likeness (QED) is 0.704. The van der Waals surface area contributed by atoms with E-state index in [2.05, 4.69) is 9.97 Å². The number of nitrogens with zero attached hydrogens (tertiary/aromatic N) is 1. The predicted octanol–water partition coefficient (Wildman–Crippen LogP) is 3.36. The van der Waals surface area contributed by atoms with E-state index in [0.29, 0.717) is 6.01 Å². The number of aromatic nitrogens is 2. The van der Waals surface area contributed by atoms with Gasteiger partial charge in [0.15, 0.2) is 0 Å². The molecule has 3 heteroatoms. The smallest absolute Gasteiger partial charge is 0.300 e. The van der Waals surface area contributed by atoms with Gasteiger partial charge in [0, 0.05) is 0 Å². The number of rotatable bonds is 2. The molecule has 3 aromatic rings. The summed E-state index contributed by atoms with van der Waals surface area (Å²) in [5, 5.41) is 0. The van der Waals surface area contributed by atoms with Gasteiger partial charge in [0.2, 0.25) is 0 Å². The molecule has 0 aliphatic rings. The number of nitrogens with one attached hydrogen (secondary N) is 1. The molecule has 2 aromatic carbocycles. The van der Waals surface area contributed by atoms with E-state index in [4.69, 9.17) is 4.74 Å². The average molecular weight is 210 g/mol. The Morgan fingerprint density at radius 3 is 2.44 bits per heavy atom. The van der Waals surface area contributed by atoms with Crippen LogP contribution in [0.25, 0.3) is 11.0 Å². The third-order valence-electron chi connectivity index (χ3n) is 2.33. The van der Waals surface area contributed by atoms with E-state index in [0.717, 1.165) is 16.8 Å². The first-order valence-electron chi connectivity index (χ1n) is 5.09. The molecule has 0 bridgehead atoms. The van der Waals surface area contributed by atoms with Gasteiger partial charge in [-0.05, 0) is 24.3 Å². The molecule has 0 amide bonds. The number of hydrogen-bond acceptors (Lipinski definition) is 2. The molecule has 3 rings (SSSR count). The third kappa shape index (κ3) is 1.63. The second-order valence-electron chi connectivity index (χ2n) is 3.47. The summed E-state index contributed by atoms with van der Waals surface area (Å²) in [5.74, 6) is 0.779. The summed E-state index contributed by atoms with van der Waals surface area (Å²) in [4.78, 5) is 7.44. The lowest BCUT2D eigenvalue weighted by molar-refractivity contribution is 0.449. The van der Waals surface area contributed by atoms with Gasteiger partial charge in [0.1, 0.15) is 5.75 Å². The Labute approximate surface area is 92.7 Å². The van der Waals surface area contributed by atoms with E-state index in [9.17, 15) is 0 Å². The van der Waals surface area contributed by atoms with Crippen molar-refractivity contribution < 1.29 is 4.74 Å². The van der Waals surface area contributed by atoms with Crippen LogP contribution in [-0.4, -0.2) is 9.97 Å². The fourth-order valence-electron chi connectivity index (χ4n) is 1.58. The van der Waals surface area contributed by atoms with Gasteiger partial charge < -0.3 is 9.72 Å². The van der Waals surface area contributed by atoms with Gasteiger partial charge in [-0.25, -0.2) is 0 Å². The van der Waals surface area contributed by atoms with E-state index in [-0.39, 0.29) is 0 Å². The lowest BCUT2D eigenvalue weighted by Crippen LogP contribution is -1.84. The highest BCUT2D eigenvalue weighted by Gasteiger charge is 2.02. The number of hydrogen-bond donors (Lipinski definition) is 1. The van der Waals surface area contributed by atoms with Gasteiger partial charge in [0.25, 0.3) is 6.01 Å². The second-order valence-corrected chi connectivity index (χ2v) is 3.47. The molecule has 0 spiro atoms. The van der Waals surface area contributed by atoms with E-state index >= 15 is 0 Å². The van der Waals surface area contributed by atoms with E-state index in [1.807, 2.05) is 54.6 Å². The topological polar surface area (TPSA) is 37.9 Å². The van der Waals surface area contributed by atoms with Crippen molar-refractivity contribution in [1.29, 1.82) is 0 Å². The van der Waals surface area contributed by atoms with Crippen LogP contribution < -0.4 is 4.74 Å². The molecule has 1 heterocycles. The maximum Gasteiger partial charge on any atom is 0.300 e. The number of aromatic amines is 1. The minimum atomic E-state index is 0.521. The molecule has 3 nitrogen and oxygen atoms in total.